The van der Waals surface area contributed by atoms with Gasteiger partial charge in [-0.3, -0.25) is 0 Å². The molecule has 1 aromatic carbocycles. The summed E-state index contributed by atoms with van der Waals surface area (Å²) in [6, 6.07) is 10.5. The number of hydrogen-bond donors (Lipinski definition) is 0. The SMILES string of the molecule is Cc1nc(-c2cccc(Br)c2)sc1C(C#N)C(C)C. The van der Waals surface area contributed by atoms with Crippen molar-refractivity contribution in [2.75, 3.05) is 0 Å². The average Bonchev–Trinajstić information content (AvgIpc) is 2.72. The van der Waals surface area contributed by atoms with Crippen LogP contribution >= 0.6 is 27.3 Å². The minimum absolute atomic E-state index is 0.0709. The van der Waals surface area contributed by atoms with E-state index in [-0.39, 0.29) is 5.92 Å². The molecule has 0 aliphatic rings. The monoisotopic (exact) mass is 334 g/mol. The van der Waals surface area contributed by atoms with Crippen LogP contribution in [0.5, 0.6) is 0 Å². The lowest BCUT2D eigenvalue weighted by molar-refractivity contribution is 0.591. The fraction of sp³-hybridized carbons (Fsp3) is 0.333. The van der Waals surface area contributed by atoms with Gasteiger partial charge in [0.25, 0.3) is 0 Å². The number of thiazole rings is 1. The number of aryl methyl sites for hydroxylation is 1. The maximum absolute atomic E-state index is 9.32. The lowest BCUT2D eigenvalue weighted by Gasteiger charge is -2.10. The second-order valence-corrected chi connectivity index (χ2v) is 6.78. The molecular weight excluding hydrogens is 320 g/mol. The molecule has 0 saturated heterocycles. The maximum Gasteiger partial charge on any atom is 0.123 e. The van der Waals surface area contributed by atoms with Crippen molar-refractivity contribution >= 4 is 27.3 Å². The summed E-state index contributed by atoms with van der Waals surface area (Å²) in [6.07, 6.45) is 0. The van der Waals surface area contributed by atoms with E-state index in [1.54, 1.807) is 11.3 Å². The number of hydrogen-bond acceptors (Lipinski definition) is 3. The lowest BCUT2D eigenvalue weighted by atomic mass is 9.95. The number of benzene rings is 1. The van der Waals surface area contributed by atoms with Crippen LogP contribution in [0.4, 0.5) is 0 Å². The van der Waals surface area contributed by atoms with Crippen LogP contribution in [0.25, 0.3) is 10.6 Å². The molecule has 0 aliphatic heterocycles. The highest BCUT2D eigenvalue weighted by Gasteiger charge is 2.21. The predicted molar refractivity (Wildman–Crippen MR) is 83.2 cm³/mol. The molecule has 98 valence electrons. The number of nitrogens with zero attached hydrogens (tertiary/aromatic N) is 2. The topological polar surface area (TPSA) is 36.7 Å². The summed E-state index contributed by atoms with van der Waals surface area (Å²) in [5.41, 5.74) is 2.06. The van der Waals surface area contributed by atoms with E-state index in [0.29, 0.717) is 5.92 Å². The molecule has 1 aromatic heterocycles. The Hall–Kier alpha value is -1.18. The minimum Gasteiger partial charge on any atom is -0.241 e. The molecule has 4 heteroatoms. The molecule has 0 bridgehead atoms. The second kappa shape index (κ2) is 5.85. The lowest BCUT2D eigenvalue weighted by Crippen LogP contribution is -2.03. The Bertz CT molecular complexity index is 625. The number of halogens is 1. The third kappa shape index (κ3) is 3.05. The summed E-state index contributed by atoms with van der Waals surface area (Å²) in [6.45, 7) is 6.14. The highest BCUT2D eigenvalue weighted by Crippen LogP contribution is 2.36. The first-order valence-corrected chi connectivity index (χ1v) is 7.76. The van der Waals surface area contributed by atoms with Gasteiger partial charge in [0.1, 0.15) is 5.01 Å². The molecule has 2 rings (SSSR count). The third-order valence-corrected chi connectivity index (χ3v) is 4.78. The van der Waals surface area contributed by atoms with E-state index in [0.717, 1.165) is 25.6 Å². The largest absolute Gasteiger partial charge is 0.241 e. The molecule has 0 spiro atoms. The molecule has 2 nitrogen and oxygen atoms in total. The number of nitriles is 1. The van der Waals surface area contributed by atoms with Crippen molar-refractivity contribution in [3.05, 3.63) is 39.3 Å². The van der Waals surface area contributed by atoms with Crippen molar-refractivity contribution in [1.82, 2.24) is 4.98 Å². The van der Waals surface area contributed by atoms with Gasteiger partial charge in [0, 0.05) is 14.9 Å². The molecule has 0 saturated carbocycles. The zero-order valence-electron chi connectivity index (χ0n) is 11.1. The molecule has 0 N–H and O–H groups in total. The fourth-order valence-corrected chi connectivity index (χ4v) is 3.63. The fourth-order valence-electron chi connectivity index (χ4n) is 1.95. The average molecular weight is 335 g/mol. The molecular formula is C15H15BrN2S. The van der Waals surface area contributed by atoms with Crippen LogP contribution in [-0.2, 0) is 0 Å². The van der Waals surface area contributed by atoms with E-state index >= 15 is 0 Å². The van der Waals surface area contributed by atoms with Crippen LogP contribution in [0, 0.1) is 24.2 Å². The van der Waals surface area contributed by atoms with Crippen LogP contribution in [0.2, 0.25) is 0 Å². The molecule has 0 amide bonds. The van der Waals surface area contributed by atoms with Gasteiger partial charge in [0.2, 0.25) is 0 Å². The molecule has 1 atom stereocenters. The molecule has 1 heterocycles. The van der Waals surface area contributed by atoms with E-state index < -0.39 is 0 Å². The maximum atomic E-state index is 9.32. The minimum atomic E-state index is -0.0709. The number of rotatable bonds is 3. The van der Waals surface area contributed by atoms with Gasteiger partial charge in [0.15, 0.2) is 0 Å². The van der Waals surface area contributed by atoms with Crippen LogP contribution < -0.4 is 0 Å². The van der Waals surface area contributed by atoms with Crippen molar-refractivity contribution in [3.8, 4) is 16.6 Å². The van der Waals surface area contributed by atoms with Gasteiger partial charge in [0.05, 0.1) is 17.7 Å². The summed E-state index contributed by atoms with van der Waals surface area (Å²) in [7, 11) is 0. The molecule has 1 unspecified atom stereocenters. The summed E-state index contributed by atoms with van der Waals surface area (Å²) in [4.78, 5) is 5.71. The molecule has 0 aliphatic carbocycles. The van der Waals surface area contributed by atoms with Crippen molar-refractivity contribution < 1.29 is 0 Å². The van der Waals surface area contributed by atoms with E-state index in [9.17, 15) is 5.26 Å². The first-order chi connectivity index (χ1) is 9.02. The van der Waals surface area contributed by atoms with Crippen molar-refractivity contribution in [1.29, 1.82) is 5.26 Å². The molecule has 0 radical (unpaired) electrons. The molecule has 19 heavy (non-hydrogen) atoms. The third-order valence-electron chi connectivity index (χ3n) is 2.99. The molecule has 2 aromatic rings. The zero-order chi connectivity index (χ0) is 14.0. The van der Waals surface area contributed by atoms with E-state index in [1.165, 1.54) is 0 Å². The van der Waals surface area contributed by atoms with Crippen molar-refractivity contribution in [2.24, 2.45) is 5.92 Å². The van der Waals surface area contributed by atoms with Gasteiger partial charge < -0.3 is 0 Å². The van der Waals surface area contributed by atoms with Crippen LogP contribution in [0.1, 0.15) is 30.3 Å². The zero-order valence-corrected chi connectivity index (χ0v) is 13.5. The summed E-state index contributed by atoms with van der Waals surface area (Å²) in [5.74, 6) is 0.234. The van der Waals surface area contributed by atoms with Gasteiger partial charge in [-0.05, 0) is 25.0 Å². The summed E-state index contributed by atoms with van der Waals surface area (Å²) in [5, 5.41) is 10.3. The summed E-state index contributed by atoms with van der Waals surface area (Å²) >= 11 is 5.10. The van der Waals surface area contributed by atoms with E-state index in [2.05, 4.69) is 46.9 Å². The Morgan fingerprint density at radius 2 is 2.11 bits per heavy atom. The first-order valence-electron chi connectivity index (χ1n) is 6.15. The van der Waals surface area contributed by atoms with Crippen molar-refractivity contribution in [2.45, 2.75) is 26.7 Å². The van der Waals surface area contributed by atoms with Gasteiger partial charge >= 0.3 is 0 Å². The first kappa shape index (κ1) is 14.2. The standard InChI is InChI=1S/C15H15BrN2S/c1-9(2)13(8-17)14-10(3)18-15(19-14)11-5-4-6-12(16)7-11/h4-7,9,13H,1-3H3. The van der Waals surface area contributed by atoms with Crippen LogP contribution in [-0.4, -0.2) is 4.98 Å². The van der Waals surface area contributed by atoms with Gasteiger partial charge in [-0.2, -0.15) is 5.26 Å². The van der Waals surface area contributed by atoms with Crippen LogP contribution in [0.15, 0.2) is 28.7 Å². The Morgan fingerprint density at radius 1 is 1.37 bits per heavy atom. The van der Waals surface area contributed by atoms with E-state index in [4.69, 9.17) is 0 Å². The number of aromatic nitrogens is 1. The normalized spacial score (nSPS) is 12.4. The quantitative estimate of drug-likeness (QED) is 0.778. The predicted octanol–water partition coefficient (Wildman–Crippen LogP) is 5.14. The Balaban J connectivity index is 2.44. The Morgan fingerprint density at radius 3 is 2.68 bits per heavy atom. The van der Waals surface area contributed by atoms with Gasteiger partial charge in [-0.25, -0.2) is 4.98 Å². The second-order valence-electron chi connectivity index (χ2n) is 4.83. The Kier molecular flexibility index (Phi) is 4.38. The van der Waals surface area contributed by atoms with Crippen molar-refractivity contribution in [3.63, 3.8) is 0 Å². The van der Waals surface area contributed by atoms with E-state index in [1.807, 2.05) is 25.1 Å². The molecule has 0 fully saturated rings. The van der Waals surface area contributed by atoms with Gasteiger partial charge in [-0.15, -0.1) is 11.3 Å². The highest BCUT2D eigenvalue weighted by molar-refractivity contribution is 9.10. The highest BCUT2D eigenvalue weighted by atomic mass is 79.9. The Labute approximate surface area is 126 Å². The van der Waals surface area contributed by atoms with Crippen LogP contribution in [0.3, 0.4) is 0 Å². The summed E-state index contributed by atoms with van der Waals surface area (Å²) < 4.78 is 1.04. The van der Waals surface area contributed by atoms with Gasteiger partial charge in [-0.1, -0.05) is 41.9 Å². The smallest absolute Gasteiger partial charge is 0.123 e.